The van der Waals surface area contributed by atoms with Gasteiger partial charge in [0, 0.05) is 50.9 Å². The number of rotatable bonds is 7. The van der Waals surface area contributed by atoms with Crippen LogP contribution in [0.15, 0.2) is 29.3 Å². The molecule has 1 aliphatic heterocycles. The van der Waals surface area contributed by atoms with E-state index in [1.54, 1.807) is 7.11 Å². The molecule has 0 radical (unpaired) electrons. The zero-order valence-electron chi connectivity index (χ0n) is 16.5. The molecule has 2 rings (SSSR count). The lowest BCUT2D eigenvalue weighted by Gasteiger charge is -2.36. The van der Waals surface area contributed by atoms with Gasteiger partial charge in [-0.3, -0.25) is 4.90 Å². The topological polar surface area (TPSA) is 52.1 Å². The van der Waals surface area contributed by atoms with Gasteiger partial charge < -0.3 is 20.3 Å². The van der Waals surface area contributed by atoms with Gasteiger partial charge in [-0.05, 0) is 27.0 Å². The molecule has 0 spiro atoms. The van der Waals surface area contributed by atoms with E-state index in [0.29, 0.717) is 12.6 Å². The van der Waals surface area contributed by atoms with Gasteiger partial charge in [-0.1, -0.05) is 18.2 Å². The van der Waals surface area contributed by atoms with Crippen LogP contribution >= 0.6 is 24.0 Å². The first kappa shape index (κ1) is 23.0. The van der Waals surface area contributed by atoms with Gasteiger partial charge >= 0.3 is 0 Å². The highest BCUT2D eigenvalue weighted by molar-refractivity contribution is 14.0. The number of hydrogen-bond acceptors (Lipinski definition) is 4. The third-order valence-corrected chi connectivity index (χ3v) is 4.67. The first-order valence-electron chi connectivity index (χ1n) is 9.20. The van der Waals surface area contributed by atoms with E-state index in [9.17, 15) is 0 Å². The van der Waals surface area contributed by atoms with Gasteiger partial charge in [0.25, 0.3) is 0 Å². The Kier molecular flexibility index (Phi) is 10.9. The average Bonchev–Trinajstić information content (AvgIpc) is 2.64. The molecule has 7 heteroatoms. The number of para-hydroxylation sites is 1. The molecule has 1 atom stereocenters. The summed E-state index contributed by atoms with van der Waals surface area (Å²) in [5.41, 5.74) is 1.09. The van der Waals surface area contributed by atoms with E-state index in [1.165, 1.54) is 0 Å². The van der Waals surface area contributed by atoms with E-state index in [-0.39, 0.29) is 24.0 Å². The fraction of sp³-hybridized carbons (Fsp3) is 0.632. The highest BCUT2D eigenvalue weighted by Crippen LogP contribution is 2.17. The Morgan fingerprint density at radius 2 is 1.88 bits per heavy atom. The second-order valence-electron chi connectivity index (χ2n) is 6.58. The number of piperazine rings is 1. The Balaban J connectivity index is 0.00000338. The first-order valence-corrected chi connectivity index (χ1v) is 9.20. The van der Waals surface area contributed by atoms with Crippen molar-refractivity contribution in [2.75, 3.05) is 53.4 Å². The number of guanidine groups is 1. The fourth-order valence-electron chi connectivity index (χ4n) is 2.98. The quantitative estimate of drug-likeness (QED) is 0.359. The summed E-state index contributed by atoms with van der Waals surface area (Å²) in [6.45, 7) is 11.3. The van der Waals surface area contributed by atoms with Gasteiger partial charge in [0.15, 0.2) is 5.96 Å². The lowest BCUT2D eigenvalue weighted by Crippen LogP contribution is -2.52. The molecule has 6 nitrogen and oxygen atoms in total. The molecule has 1 unspecified atom stereocenters. The van der Waals surface area contributed by atoms with Crippen LogP contribution in [0.25, 0.3) is 0 Å². The summed E-state index contributed by atoms with van der Waals surface area (Å²) < 4.78 is 5.40. The summed E-state index contributed by atoms with van der Waals surface area (Å²) >= 11 is 0. The van der Waals surface area contributed by atoms with E-state index in [1.807, 2.05) is 18.2 Å². The monoisotopic (exact) mass is 475 g/mol. The predicted octanol–water partition coefficient (Wildman–Crippen LogP) is 2.00. The van der Waals surface area contributed by atoms with Crippen molar-refractivity contribution in [3.8, 4) is 5.75 Å². The van der Waals surface area contributed by atoms with Gasteiger partial charge in [-0.2, -0.15) is 0 Å². The summed E-state index contributed by atoms with van der Waals surface area (Å²) in [7, 11) is 3.89. The summed E-state index contributed by atoms with van der Waals surface area (Å²) in [5, 5.41) is 6.81. The normalized spacial score (nSPS) is 17.3. The summed E-state index contributed by atoms with van der Waals surface area (Å²) in [6.07, 6.45) is 0. The summed E-state index contributed by atoms with van der Waals surface area (Å²) in [4.78, 5) is 9.63. The molecule has 0 amide bonds. The molecule has 2 N–H and O–H groups in total. The summed E-state index contributed by atoms with van der Waals surface area (Å²) in [6, 6.07) is 8.51. The van der Waals surface area contributed by atoms with Crippen molar-refractivity contribution in [3.05, 3.63) is 29.8 Å². The predicted molar refractivity (Wildman–Crippen MR) is 120 cm³/mol. The molecule has 1 aromatic rings. The highest BCUT2D eigenvalue weighted by atomic mass is 127. The standard InChI is InChI=1S/C19H33N5O.HI/c1-5-20-19(22-15-17-8-6-7-9-18(17)25-4)21-14-16(2)24-12-10-23(3)11-13-24;/h6-9,16H,5,10-15H2,1-4H3,(H2,20,21,22);1H. The van der Waals surface area contributed by atoms with Gasteiger partial charge in [0.1, 0.15) is 5.75 Å². The van der Waals surface area contributed by atoms with Crippen molar-refractivity contribution in [2.45, 2.75) is 26.4 Å². The molecule has 1 aliphatic rings. The Morgan fingerprint density at radius 3 is 2.54 bits per heavy atom. The van der Waals surface area contributed by atoms with Gasteiger partial charge in [0.05, 0.1) is 13.7 Å². The molecule has 1 heterocycles. The molecule has 1 aromatic carbocycles. The van der Waals surface area contributed by atoms with Crippen molar-refractivity contribution in [3.63, 3.8) is 0 Å². The van der Waals surface area contributed by atoms with Crippen LogP contribution in [0.3, 0.4) is 0 Å². The maximum atomic E-state index is 5.40. The maximum Gasteiger partial charge on any atom is 0.191 e. The van der Waals surface area contributed by atoms with Gasteiger partial charge in [-0.25, -0.2) is 4.99 Å². The van der Waals surface area contributed by atoms with Crippen LogP contribution in [0.2, 0.25) is 0 Å². The molecular weight excluding hydrogens is 441 g/mol. The second-order valence-corrected chi connectivity index (χ2v) is 6.58. The van der Waals surface area contributed by atoms with Gasteiger partial charge in [0.2, 0.25) is 0 Å². The average molecular weight is 475 g/mol. The largest absolute Gasteiger partial charge is 0.496 e. The molecule has 0 aromatic heterocycles. The zero-order chi connectivity index (χ0) is 18.1. The van der Waals surface area contributed by atoms with Gasteiger partial charge in [-0.15, -0.1) is 24.0 Å². The highest BCUT2D eigenvalue weighted by Gasteiger charge is 2.19. The second kappa shape index (κ2) is 12.3. The number of halogens is 1. The minimum absolute atomic E-state index is 0. The molecule has 0 bridgehead atoms. The lowest BCUT2D eigenvalue weighted by molar-refractivity contribution is 0.120. The van der Waals surface area contributed by atoms with Crippen molar-refractivity contribution >= 4 is 29.9 Å². The van der Waals surface area contributed by atoms with Crippen molar-refractivity contribution < 1.29 is 4.74 Å². The van der Waals surface area contributed by atoms with Crippen LogP contribution in [0.5, 0.6) is 5.75 Å². The molecular formula is C19H34IN5O. The first-order chi connectivity index (χ1) is 12.1. The van der Waals surface area contributed by atoms with Crippen LogP contribution in [-0.2, 0) is 6.54 Å². The number of methoxy groups -OCH3 is 1. The number of nitrogens with one attached hydrogen (secondary N) is 2. The molecule has 1 fully saturated rings. The number of hydrogen-bond donors (Lipinski definition) is 2. The van der Waals surface area contributed by atoms with E-state index in [4.69, 9.17) is 9.73 Å². The van der Waals surface area contributed by atoms with Crippen LogP contribution in [0, 0.1) is 0 Å². The van der Waals surface area contributed by atoms with Crippen molar-refractivity contribution in [2.24, 2.45) is 4.99 Å². The molecule has 148 valence electrons. The van der Waals surface area contributed by atoms with E-state index < -0.39 is 0 Å². The van der Waals surface area contributed by atoms with E-state index in [2.05, 4.69) is 47.4 Å². The Hall–Kier alpha value is -1.06. The Bertz CT molecular complexity index is 546. The van der Waals surface area contributed by atoms with Crippen LogP contribution < -0.4 is 15.4 Å². The number of benzene rings is 1. The smallest absolute Gasteiger partial charge is 0.191 e. The Morgan fingerprint density at radius 1 is 1.19 bits per heavy atom. The molecule has 0 saturated carbocycles. The van der Waals surface area contributed by atoms with E-state index >= 15 is 0 Å². The molecule has 0 aliphatic carbocycles. The third kappa shape index (κ3) is 7.28. The van der Waals surface area contributed by atoms with Crippen LogP contribution in [0.4, 0.5) is 0 Å². The number of likely N-dealkylation sites (N-methyl/N-ethyl adjacent to an activating group) is 1. The molecule has 1 saturated heterocycles. The maximum absolute atomic E-state index is 5.40. The van der Waals surface area contributed by atoms with E-state index in [0.717, 1.165) is 56.5 Å². The number of nitrogens with zero attached hydrogens (tertiary/aromatic N) is 3. The van der Waals surface area contributed by atoms with Crippen molar-refractivity contribution in [1.82, 2.24) is 20.4 Å². The number of ether oxygens (including phenoxy) is 1. The number of aliphatic imine (C=N–C) groups is 1. The molecule has 26 heavy (non-hydrogen) atoms. The van der Waals surface area contributed by atoms with Crippen LogP contribution in [0.1, 0.15) is 19.4 Å². The minimum Gasteiger partial charge on any atom is -0.496 e. The summed E-state index contributed by atoms with van der Waals surface area (Å²) in [5.74, 6) is 1.74. The zero-order valence-corrected chi connectivity index (χ0v) is 18.8. The minimum atomic E-state index is 0. The fourth-order valence-corrected chi connectivity index (χ4v) is 2.98. The lowest BCUT2D eigenvalue weighted by atomic mass is 10.2. The van der Waals surface area contributed by atoms with Crippen LogP contribution in [-0.4, -0.2) is 75.2 Å². The Labute approximate surface area is 175 Å². The SMILES string of the molecule is CCNC(=NCc1ccccc1OC)NCC(C)N1CCN(C)CC1.I. The third-order valence-electron chi connectivity index (χ3n) is 4.67. The van der Waals surface area contributed by atoms with Crippen molar-refractivity contribution in [1.29, 1.82) is 0 Å².